The first-order valence-electron chi connectivity index (χ1n) is 11.2. The van der Waals surface area contributed by atoms with Gasteiger partial charge in [0.25, 0.3) is 0 Å². The van der Waals surface area contributed by atoms with E-state index in [1.54, 1.807) is 6.20 Å². The number of hydrogen-bond donors (Lipinski definition) is 0. The van der Waals surface area contributed by atoms with Crippen LogP contribution >= 0.6 is 0 Å². The molecule has 0 unspecified atom stereocenters. The largest absolute Gasteiger partial charge is 0.455 e. The summed E-state index contributed by atoms with van der Waals surface area (Å²) in [6.45, 7) is 0. The first kappa shape index (κ1) is 18.8. The summed E-state index contributed by atoms with van der Waals surface area (Å²) < 4.78 is 12.4. The molecule has 7 rings (SSSR count). The fourth-order valence-electron chi connectivity index (χ4n) is 4.59. The van der Waals surface area contributed by atoms with Gasteiger partial charge in [-0.3, -0.25) is 4.98 Å². The maximum atomic E-state index is 6.27. The van der Waals surface area contributed by atoms with Crippen LogP contribution in [-0.4, -0.2) is 9.97 Å². The van der Waals surface area contributed by atoms with E-state index in [1.807, 2.05) is 60.8 Å². The van der Waals surface area contributed by atoms with Crippen LogP contribution in [0.1, 0.15) is 0 Å². The number of hydrogen-bond acceptors (Lipinski definition) is 4. The van der Waals surface area contributed by atoms with Gasteiger partial charge in [0.05, 0.1) is 0 Å². The van der Waals surface area contributed by atoms with Crippen molar-refractivity contribution in [2.75, 3.05) is 0 Å². The van der Waals surface area contributed by atoms with Crippen LogP contribution in [0, 0.1) is 0 Å². The molecule has 0 atom stereocenters. The molecule has 34 heavy (non-hydrogen) atoms. The predicted molar refractivity (Wildman–Crippen MR) is 135 cm³/mol. The van der Waals surface area contributed by atoms with Crippen LogP contribution in [0.15, 0.2) is 118 Å². The van der Waals surface area contributed by atoms with Crippen LogP contribution in [0.5, 0.6) is 0 Å². The van der Waals surface area contributed by atoms with E-state index in [-0.39, 0.29) is 0 Å². The van der Waals surface area contributed by atoms with Gasteiger partial charge in [0.1, 0.15) is 16.7 Å². The lowest BCUT2D eigenvalue weighted by atomic mass is 10.0. The van der Waals surface area contributed by atoms with Crippen molar-refractivity contribution in [2.24, 2.45) is 0 Å². The molecule has 0 saturated heterocycles. The van der Waals surface area contributed by atoms with E-state index in [1.165, 1.54) is 0 Å². The second-order valence-electron chi connectivity index (χ2n) is 8.27. The predicted octanol–water partition coefficient (Wildman–Crippen LogP) is 8.12. The van der Waals surface area contributed by atoms with Crippen molar-refractivity contribution < 1.29 is 8.83 Å². The number of pyridine rings is 1. The number of para-hydroxylation sites is 3. The molecule has 3 heterocycles. The average Bonchev–Trinajstić information content (AvgIpc) is 3.51. The zero-order valence-electron chi connectivity index (χ0n) is 18.1. The number of rotatable bonds is 3. The summed E-state index contributed by atoms with van der Waals surface area (Å²) in [7, 11) is 0. The fourth-order valence-corrected chi connectivity index (χ4v) is 4.59. The zero-order valence-corrected chi connectivity index (χ0v) is 18.1. The lowest BCUT2D eigenvalue weighted by Gasteiger charge is -2.03. The van der Waals surface area contributed by atoms with Crippen molar-refractivity contribution in [3.8, 4) is 33.7 Å². The molecule has 0 bridgehead atoms. The Morgan fingerprint density at radius 2 is 1.29 bits per heavy atom. The molecule has 0 saturated carbocycles. The minimum absolute atomic E-state index is 0.594. The SMILES string of the molecule is c1cncc(-c2ccc(-c3nc4c(-c5cccc6c5oc5ccccc56)cccc4o3)cc2)c1. The molecule has 0 fully saturated rings. The summed E-state index contributed by atoms with van der Waals surface area (Å²) in [5.41, 5.74) is 8.41. The smallest absolute Gasteiger partial charge is 0.227 e. The molecular weight excluding hydrogens is 420 g/mol. The Bertz CT molecular complexity index is 1800. The molecule has 0 amide bonds. The van der Waals surface area contributed by atoms with Gasteiger partial charge in [-0.05, 0) is 41.5 Å². The van der Waals surface area contributed by atoms with Gasteiger partial charge in [-0.2, -0.15) is 0 Å². The molecule has 0 aliphatic carbocycles. The van der Waals surface area contributed by atoms with Crippen molar-refractivity contribution >= 4 is 33.0 Å². The number of benzene rings is 4. The van der Waals surface area contributed by atoms with Gasteiger partial charge >= 0.3 is 0 Å². The van der Waals surface area contributed by atoms with Crippen LogP contribution < -0.4 is 0 Å². The van der Waals surface area contributed by atoms with Gasteiger partial charge in [-0.1, -0.05) is 66.7 Å². The number of fused-ring (bicyclic) bond motifs is 4. The normalized spacial score (nSPS) is 11.5. The Morgan fingerprint density at radius 3 is 2.18 bits per heavy atom. The third-order valence-electron chi connectivity index (χ3n) is 6.24. The highest BCUT2D eigenvalue weighted by Crippen LogP contribution is 2.39. The Kier molecular flexibility index (Phi) is 4.11. The third kappa shape index (κ3) is 2.93. The minimum atomic E-state index is 0.594. The van der Waals surface area contributed by atoms with Gasteiger partial charge in [0.2, 0.25) is 5.89 Å². The molecular formula is C30H18N2O2. The van der Waals surface area contributed by atoms with Crippen molar-refractivity contribution in [3.05, 3.63) is 109 Å². The van der Waals surface area contributed by atoms with Crippen molar-refractivity contribution in [2.45, 2.75) is 0 Å². The van der Waals surface area contributed by atoms with E-state index < -0.39 is 0 Å². The maximum Gasteiger partial charge on any atom is 0.227 e. The molecule has 3 aromatic heterocycles. The zero-order chi connectivity index (χ0) is 22.5. The van der Waals surface area contributed by atoms with Gasteiger partial charge in [-0.15, -0.1) is 0 Å². The standard InChI is InChI=1S/C30H18N2O2/c1-2-11-26-22(7-1)24-9-3-10-25(29(24)33-26)23-8-4-12-27-28(23)32-30(34-27)20-15-13-19(14-16-20)21-6-5-17-31-18-21/h1-18H. The van der Waals surface area contributed by atoms with Crippen molar-refractivity contribution in [1.29, 1.82) is 0 Å². The summed E-state index contributed by atoms with van der Waals surface area (Å²) in [6.07, 6.45) is 3.64. The van der Waals surface area contributed by atoms with E-state index in [2.05, 4.69) is 47.4 Å². The van der Waals surface area contributed by atoms with Crippen molar-refractivity contribution in [3.63, 3.8) is 0 Å². The maximum absolute atomic E-state index is 6.27. The molecule has 0 N–H and O–H groups in total. The summed E-state index contributed by atoms with van der Waals surface area (Å²) in [5.74, 6) is 0.594. The Balaban J connectivity index is 1.36. The molecule has 0 spiro atoms. The van der Waals surface area contributed by atoms with Crippen LogP contribution in [0.4, 0.5) is 0 Å². The van der Waals surface area contributed by atoms with E-state index >= 15 is 0 Å². The van der Waals surface area contributed by atoms with Gasteiger partial charge < -0.3 is 8.83 Å². The number of nitrogens with zero attached hydrogens (tertiary/aromatic N) is 2. The highest BCUT2D eigenvalue weighted by Gasteiger charge is 2.17. The first-order chi connectivity index (χ1) is 16.8. The Hall–Kier alpha value is -4.70. The van der Waals surface area contributed by atoms with E-state index in [9.17, 15) is 0 Å². The van der Waals surface area contributed by atoms with E-state index in [4.69, 9.17) is 13.8 Å². The summed E-state index contributed by atoms with van der Waals surface area (Å²) >= 11 is 0. The molecule has 4 heteroatoms. The summed E-state index contributed by atoms with van der Waals surface area (Å²) in [4.78, 5) is 9.11. The second-order valence-corrected chi connectivity index (χ2v) is 8.27. The molecule has 0 aliphatic heterocycles. The van der Waals surface area contributed by atoms with E-state index in [0.717, 1.165) is 60.9 Å². The average molecular weight is 438 g/mol. The van der Waals surface area contributed by atoms with Gasteiger partial charge in [0, 0.05) is 39.9 Å². The molecule has 4 aromatic carbocycles. The van der Waals surface area contributed by atoms with Crippen LogP contribution in [0.3, 0.4) is 0 Å². The molecule has 0 aliphatic rings. The lowest BCUT2D eigenvalue weighted by molar-refractivity contribution is 0.620. The summed E-state index contributed by atoms with van der Waals surface area (Å²) in [5, 5.41) is 2.21. The fraction of sp³-hybridized carbons (Fsp3) is 0. The molecule has 160 valence electrons. The number of furan rings is 1. The first-order valence-corrected chi connectivity index (χ1v) is 11.2. The summed E-state index contributed by atoms with van der Waals surface area (Å²) in [6, 6.07) is 32.6. The van der Waals surface area contributed by atoms with Crippen molar-refractivity contribution in [1.82, 2.24) is 9.97 Å². The van der Waals surface area contributed by atoms with Gasteiger partial charge in [0.15, 0.2) is 5.58 Å². The Labute approximate surface area is 195 Å². The minimum Gasteiger partial charge on any atom is -0.455 e. The van der Waals surface area contributed by atoms with Crippen LogP contribution in [0.2, 0.25) is 0 Å². The monoisotopic (exact) mass is 438 g/mol. The van der Waals surface area contributed by atoms with Crippen LogP contribution in [0.25, 0.3) is 66.7 Å². The third-order valence-corrected chi connectivity index (χ3v) is 6.24. The lowest BCUT2D eigenvalue weighted by Crippen LogP contribution is -1.83. The number of aromatic nitrogens is 2. The molecule has 4 nitrogen and oxygen atoms in total. The topological polar surface area (TPSA) is 52.1 Å². The van der Waals surface area contributed by atoms with Crippen LogP contribution in [-0.2, 0) is 0 Å². The highest BCUT2D eigenvalue weighted by molar-refractivity contribution is 6.11. The highest BCUT2D eigenvalue weighted by atomic mass is 16.3. The quantitative estimate of drug-likeness (QED) is 0.279. The second kappa shape index (κ2) is 7.42. The number of oxazole rings is 1. The Morgan fingerprint density at radius 1 is 0.529 bits per heavy atom. The van der Waals surface area contributed by atoms with Gasteiger partial charge in [-0.25, -0.2) is 4.98 Å². The molecule has 0 radical (unpaired) electrons. The molecule has 7 aromatic rings. The van der Waals surface area contributed by atoms with E-state index in [0.29, 0.717) is 5.89 Å².